The minimum absolute atomic E-state index is 0.0240. The molecular weight excluding hydrogens is 276 g/mol. The Morgan fingerprint density at radius 1 is 1.23 bits per heavy atom. The number of hydrogen-bond acceptors (Lipinski definition) is 3. The fourth-order valence-electron chi connectivity index (χ4n) is 3.28. The van der Waals surface area contributed by atoms with Crippen LogP contribution in [0.25, 0.3) is 0 Å². The average molecular weight is 304 g/mol. The molecule has 1 aromatic rings. The van der Waals surface area contributed by atoms with Gasteiger partial charge in [-0.1, -0.05) is 37.5 Å². The van der Waals surface area contributed by atoms with Crippen molar-refractivity contribution in [3.63, 3.8) is 0 Å². The van der Waals surface area contributed by atoms with E-state index in [0.717, 1.165) is 24.1 Å². The molecule has 1 aliphatic rings. The second-order valence-corrected chi connectivity index (χ2v) is 7.22. The molecule has 1 aromatic carbocycles. The number of amides is 1. The number of carbonyl (C=O) groups excluding carboxylic acids is 1. The van der Waals surface area contributed by atoms with Crippen LogP contribution in [0.4, 0.5) is 10.5 Å². The third-order valence-electron chi connectivity index (χ3n) is 4.34. The molecule has 3 N–H and O–H groups in total. The zero-order valence-electron chi connectivity index (χ0n) is 13.9. The van der Waals surface area contributed by atoms with Gasteiger partial charge in [-0.25, -0.2) is 4.79 Å². The maximum Gasteiger partial charge on any atom is 0.412 e. The largest absolute Gasteiger partial charge is 0.444 e. The minimum Gasteiger partial charge on any atom is -0.444 e. The Bertz CT molecular complexity index is 514. The molecule has 0 heterocycles. The van der Waals surface area contributed by atoms with Gasteiger partial charge in [0, 0.05) is 17.6 Å². The van der Waals surface area contributed by atoms with Crippen molar-refractivity contribution in [3.05, 3.63) is 29.8 Å². The molecule has 1 aliphatic carbocycles. The SMILES string of the molecule is CC(C)(C)OC(=O)Nc1ccccc1C1(CN)CCCCC1. The average Bonchev–Trinajstić information content (AvgIpc) is 2.46. The van der Waals surface area contributed by atoms with Gasteiger partial charge in [0.2, 0.25) is 0 Å². The van der Waals surface area contributed by atoms with Crippen LogP contribution < -0.4 is 11.1 Å². The minimum atomic E-state index is -0.505. The molecule has 0 aliphatic heterocycles. The lowest BCUT2D eigenvalue weighted by atomic mass is 9.69. The summed E-state index contributed by atoms with van der Waals surface area (Å²) < 4.78 is 5.37. The molecule has 22 heavy (non-hydrogen) atoms. The van der Waals surface area contributed by atoms with Crippen LogP contribution in [0, 0.1) is 0 Å². The van der Waals surface area contributed by atoms with E-state index in [9.17, 15) is 4.79 Å². The predicted octanol–water partition coefficient (Wildman–Crippen LogP) is 4.19. The molecule has 1 amide bonds. The van der Waals surface area contributed by atoms with E-state index in [1.807, 2.05) is 39.0 Å². The molecule has 1 fully saturated rings. The Kier molecular flexibility index (Phi) is 5.12. The summed E-state index contributed by atoms with van der Waals surface area (Å²) in [7, 11) is 0. The molecule has 1 saturated carbocycles. The van der Waals surface area contributed by atoms with Crippen LogP contribution in [-0.4, -0.2) is 18.2 Å². The molecule has 4 nitrogen and oxygen atoms in total. The van der Waals surface area contributed by atoms with Crippen molar-refractivity contribution in [2.24, 2.45) is 5.73 Å². The zero-order valence-corrected chi connectivity index (χ0v) is 13.9. The summed E-state index contributed by atoms with van der Waals surface area (Å²) in [5, 5.41) is 2.91. The Labute approximate surface area is 133 Å². The van der Waals surface area contributed by atoms with Gasteiger partial charge in [0.25, 0.3) is 0 Å². The highest BCUT2D eigenvalue weighted by Gasteiger charge is 2.34. The van der Waals surface area contributed by atoms with E-state index in [1.54, 1.807) is 0 Å². The first-order chi connectivity index (χ1) is 10.4. The number of anilines is 1. The van der Waals surface area contributed by atoms with Gasteiger partial charge in [0.05, 0.1) is 0 Å². The van der Waals surface area contributed by atoms with Crippen LogP contribution in [-0.2, 0) is 10.2 Å². The summed E-state index contributed by atoms with van der Waals surface area (Å²) in [5.41, 5.74) is 7.56. The van der Waals surface area contributed by atoms with Gasteiger partial charge in [-0.15, -0.1) is 0 Å². The second-order valence-electron chi connectivity index (χ2n) is 7.22. The molecule has 2 rings (SSSR count). The van der Waals surface area contributed by atoms with Crippen molar-refractivity contribution in [1.29, 1.82) is 0 Å². The number of rotatable bonds is 3. The summed E-state index contributed by atoms with van der Waals surface area (Å²) in [4.78, 5) is 12.1. The van der Waals surface area contributed by atoms with Crippen molar-refractivity contribution in [1.82, 2.24) is 0 Å². The number of para-hydroxylation sites is 1. The number of benzene rings is 1. The molecule has 4 heteroatoms. The normalized spacial score (nSPS) is 17.8. The quantitative estimate of drug-likeness (QED) is 0.880. The van der Waals surface area contributed by atoms with E-state index in [1.165, 1.54) is 19.3 Å². The van der Waals surface area contributed by atoms with Gasteiger partial charge >= 0.3 is 6.09 Å². The highest BCUT2D eigenvalue weighted by molar-refractivity contribution is 5.86. The molecule has 122 valence electrons. The molecular formula is C18H28N2O2. The van der Waals surface area contributed by atoms with E-state index in [4.69, 9.17) is 10.5 Å². The summed E-state index contributed by atoms with van der Waals surface area (Å²) in [6.45, 7) is 6.20. The fourth-order valence-corrected chi connectivity index (χ4v) is 3.28. The van der Waals surface area contributed by atoms with Crippen molar-refractivity contribution in [2.45, 2.75) is 63.9 Å². The van der Waals surface area contributed by atoms with E-state index in [0.29, 0.717) is 6.54 Å². The smallest absolute Gasteiger partial charge is 0.412 e. The van der Waals surface area contributed by atoms with Crippen molar-refractivity contribution in [3.8, 4) is 0 Å². The van der Waals surface area contributed by atoms with Crippen LogP contribution in [0.5, 0.6) is 0 Å². The maximum atomic E-state index is 12.1. The zero-order chi connectivity index (χ0) is 16.2. The number of ether oxygens (including phenoxy) is 1. The standard InChI is InChI=1S/C18H28N2O2/c1-17(2,3)22-16(21)20-15-10-6-5-9-14(15)18(13-19)11-7-4-8-12-18/h5-6,9-10H,4,7-8,11-13,19H2,1-3H3,(H,20,21). The molecule has 0 unspecified atom stereocenters. The Balaban J connectivity index is 2.24. The third-order valence-corrected chi connectivity index (χ3v) is 4.34. The predicted molar refractivity (Wildman–Crippen MR) is 90.1 cm³/mol. The lowest BCUT2D eigenvalue weighted by Gasteiger charge is -2.38. The molecule has 0 bridgehead atoms. The van der Waals surface area contributed by atoms with Gasteiger partial charge < -0.3 is 10.5 Å². The summed E-state index contributed by atoms with van der Waals surface area (Å²) in [6.07, 6.45) is 5.40. The number of nitrogens with one attached hydrogen (secondary N) is 1. The molecule has 0 spiro atoms. The van der Waals surface area contributed by atoms with E-state index in [-0.39, 0.29) is 5.41 Å². The van der Waals surface area contributed by atoms with Crippen LogP contribution in [0.15, 0.2) is 24.3 Å². The van der Waals surface area contributed by atoms with Crippen molar-refractivity contribution >= 4 is 11.8 Å². The first-order valence-corrected chi connectivity index (χ1v) is 8.16. The molecule has 0 aromatic heterocycles. The van der Waals surface area contributed by atoms with Crippen molar-refractivity contribution < 1.29 is 9.53 Å². The third kappa shape index (κ3) is 4.01. The molecule has 0 radical (unpaired) electrons. The second kappa shape index (κ2) is 6.69. The van der Waals surface area contributed by atoms with E-state index < -0.39 is 11.7 Å². The Morgan fingerprint density at radius 3 is 2.45 bits per heavy atom. The van der Waals surface area contributed by atoms with Gasteiger partial charge in [-0.3, -0.25) is 5.32 Å². The topological polar surface area (TPSA) is 64.3 Å². The number of carbonyl (C=O) groups is 1. The maximum absolute atomic E-state index is 12.1. The van der Waals surface area contributed by atoms with Crippen LogP contribution in [0.3, 0.4) is 0 Å². The van der Waals surface area contributed by atoms with E-state index in [2.05, 4.69) is 11.4 Å². The highest BCUT2D eigenvalue weighted by Crippen LogP contribution is 2.41. The van der Waals surface area contributed by atoms with Crippen molar-refractivity contribution in [2.75, 3.05) is 11.9 Å². The summed E-state index contributed by atoms with van der Waals surface area (Å²) in [5.74, 6) is 0. The molecule has 0 atom stereocenters. The van der Waals surface area contributed by atoms with Crippen LogP contribution in [0.2, 0.25) is 0 Å². The van der Waals surface area contributed by atoms with Crippen LogP contribution in [0.1, 0.15) is 58.4 Å². The Hall–Kier alpha value is -1.55. The van der Waals surface area contributed by atoms with Gasteiger partial charge in [-0.05, 0) is 45.2 Å². The fraction of sp³-hybridized carbons (Fsp3) is 0.611. The van der Waals surface area contributed by atoms with Gasteiger partial charge in [0.15, 0.2) is 0 Å². The lowest BCUT2D eigenvalue weighted by Crippen LogP contribution is -2.38. The van der Waals surface area contributed by atoms with E-state index >= 15 is 0 Å². The summed E-state index contributed by atoms with van der Waals surface area (Å²) in [6, 6.07) is 7.97. The number of hydrogen-bond donors (Lipinski definition) is 2. The first kappa shape index (κ1) is 16.8. The monoisotopic (exact) mass is 304 g/mol. The van der Waals surface area contributed by atoms with Gasteiger partial charge in [0.1, 0.15) is 5.60 Å². The molecule has 0 saturated heterocycles. The van der Waals surface area contributed by atoms with Crippen LogP contribution >= 0.6 is 0 Å². The van der Waals surface area contributed by atoms with Gasteiger partial charge in [-0.2, -0.15) is 0 Å². The Morgan fingerprint density at radius 2 is 1.86 bits per heavy atom. The summed E-state index contributed by atoms with van der Waals surface area (Å²) >= 11 is 0. The number of nitrogens with two attached hydrogens (primary N) is 1. The highest BCUT2D eigenvalue weighted by atomic mass is 16.6. The lowest BCUT2D eigenvalue weighted by molar-refractivity contribution is 0.0635. The first-order valence-electron chi connectivity index (χ1n) is 8.16.